The van der Waals surface area contributed by atoms with Crippen LogP contribution < -0.4 is 0 Å². The fourth-order valence-corrected chi connectivity index (χ4v) is 2.36. The van der Waals surface area contributed by atoms with Crippen LogP contribution in [0.25, 0.3) is 0 Å². The van der Waals surface area contributed by atoms with Gasteiger partial charge >= 0.3 is 6.18 Å². The molecule has 0 aliphatic rings. The van der Waals surface area contributed by atoms with Crippen molar-refractivity contribution in [1.29, 1.82) is 0 Å². The summed E-state index contributed by atoms with van der Waals surface area (Å²) in [5.41, 5.74) is 0.974. The summed E-state index contributed by atoms with van der Waals surface area (Å²) >= 11 is 0. The monoisotopic (exact) mass is 314 g/mol. The molecular weight excluding hydrogens is 297 g/mol. The number of hydrogen-bond donors (Lipinski definition) is 1. The second-order valence-electron chi connectivity index (χ2n) is 5.35. The number of carbonyl (C=O) groups excluding carboxylic acids is 1. The van der Waals surface area contributed by atoms with Gasteiger partial charge in [0.15, 0.2) is 5.69 Å². The van der Waals surface area contributed by atoms with Gasteiger partial charge in [0.1, 0.15) is 5.69 Å². The topological polar surface area (TPSA) is 53.9 Å². The van der Waals surface area contributed by atoms with E-state index in [-0.39, 0.29) is 18.0 Å². The molecule has 0 atom stereocenters. The first-order valence-electron chi connectivity index (χ1n) is 6.61. The van der Waals surface area contributed by atoms with Gasteiger partial charge in [-0.3, -0.25) is 9.48 Å². The number of carbonyl (C=O) groups is 1. The van der Waals surface area contributed by atoms with E-state index in [0.717, 1.165) is 15.9 Å². The average Bonchev–Trinajstić information content (AvgIpc) is 2.90. The quantitative estimate of drug-likeness (QED) is 0.947. The molecule has 0 aromatic carbocycles. The number of hydrogen-bond acceptors (Lipinski definition) is 2. The van der Waals surface area contributed by atoms with Gasteiger partial charge in [0.2, 0.25) is 0 Å². The number of amides is 1. The zero-order chi connectivity index (χ0) is 16.7. The third-order valence-corrected chi connectivity index (χ3v) is 3.29. The number of nitrogens with one attached hydrogen (secondary N) is 1. The highest BCUT2D eigenvalue weighted by Gasteiger charge is 2.37. The first-order valence-corrected chi connectivity index (χ1v) is 6.61. The van der Waals surface area contributed by atoms with Crippen LogP contribution in [0.3, 0.4) is 0 Å². The van der Waals surface area contributed by atoms with Gasteiger partial charge in [-0.15, -0.1) is 0 Å². The van der Waals surface area contributed by atoms with Crippen molar-refractivity contribution in [3.8, 4) is 0 Å². The highest BCUT2D eigenvalue weighted by molar-refractivity contribution is 5.93. The fourth-order valence-electron chi connectivity index (χ4n) is 2.36. The third kappa shape index (κ3) is 3.15. The molecule has 2 aromatic heterocycles. The zero-order valence-electron chi connectivity index (χ0n) is 12.7. The lowest BCUT2D eigenvalue weighted by Crippen LogP contribution is -2.28. The van der Waals surface area contributed by atoms with Crippen molar-refractivity contribution in [2.24, 2.45) is 7.05 Å². The highest BCUT2D eigenvalue weighted by atomic mass is 19.4. The van der Waals surface area contributed by atoms with Crippen molar-refractivity contribution in [2.75, 3.05) is 7.05 Å². The fraction of sp³-hybridized carbons (Fsp3) is 0.429. The zero-order valence-corrected chi connectivity index (χ0v) is 12.7. The van der Waals surface area contributed by atoms with E-state index in [9.17, 15) is 18.0 Å². The van der Waals surface area contributed by atoms with E-state index in [1.807, 2.05) is 13.0 Å². The molecule has 1 N–H and O–H groups in total. The van der Waals surface area contributed by atoms with E-state index in [4.69, 9.17) is 0 Å². The number of aromatic amines is 1. The molecule has 22 heavy (non-hydrogen) atoms. The molecule has 120 valence electrons. The van der Waals surface area contributed by atoms with Crippen LogP contribution in [0.15, 0.2) is 12.3 Å². The van der Waals surface area contributed by atoms with Crippen molar-refractivity contribution < 1.29 is 18.0 Å². The van der Waals surface area contributed by atoms with Gasteiger partial charge in [0, 0.05) is 38.1 Å². The lowest BCUT2D eigenvalue weighted by Gasteiger charge is -2.17. The predicted octanol–water partition coefficient (Wildman–Crippen LogP) is 2.66. The van der Waals surface area contributed by atoms with Gasteiger partial charge in [-0.2, -0.15) is 18.3 Å². The van der Waals surface area contributed by atoms with Gasteiger partial charge < -0.3 is 9.88 Å². The van der Waals surface area contributed by atoms with Crippen LogP contribution in [0.5, 0.6) is 0 Å². The minimum absolute atomic E-state index is 0.0354. The van der Waals surface area contributed by atoms with Crippen molar-refractivity contribution in [3.05, 3.63) is 40.5 Å². The van der Waals surface area contributed by atoms with Gasteiger partial charge in [-0.25, -0.2) is 0 Å². The van der Waals surface area contributed by atoms with E-state index in [1.54, 1.807) is 6.92 Å². The Hall–Kier alpha value is -2.25. The summed E-state index contributed by atoms with van der Waals surface area (Å²) in [5.74, 6) is -0.359. The maximum absolute atomic E-state index is 12.9. The summed E-state index contributed by atoms with van der Waals surface area (Å²) < 4.78 is 39.9. The standard InChI is InChI=1S/C14H17F3N4O/c1-8-5-9(2)18-11(8)13(22)20(3)6-10-7-21(4)19-12(10)14(15,16)17/h5,7,18H,6H2,1-4H3. The van der Waals surface area contributed by atoms with Crippen molar-refractivity contribution >= 4 is 5.91 Å². The predicted molar refractivity (Wildman–Crippen MR) is 74.3 cm³/mol. The number of aryl methyl sites for hydroxylation is 3. The second kappa shape index (κ2) is 5.51. The molecule has 0 radical (unpaired) electrons. The Balaban J connectivity index is 2.24. The van der Waals surface area contributed by atoms with Gasteiger partial charge in [0.25, 0.3) is 5.91 Å². The molecule has 1 amide bonds. The minimum atomic E-state index is -4.54. The molecule has 0 aliphatic carbocycles. The van der Waals surface area contributed by atoms with Crippen LogP contribution in [0.2, 0.25) is 0 Å². The lowest BCUT2D eigenvalue weighted by atomic mass is 10.2. The Bertz CT molecular complexity index is 699. The number of alkyl halides is 3. The molecule has 2 rings (SSSR count). The van der Waals surface area contributed by atoms with E-state index < -0.39 is 11.9 Å². The van der Waals surface area contributed by atoms with Crippen LogP contribution in [0, 0.1) is 13.8 Å². The first kappa shape index (κ1) is 16.1. The first-order chi connectivity index (χ1) is 10.1. The Morgan fingerprint density at radius 1 is 1.41 bits per heavy atom. The second-order valence-corrected chi connectivity index (χ2v) is 5.35. The lowest BCUT2D eigenvalue weighted by molar-refractivity contribution is -0.142. The van der Waals surface area contributed by atoms with Crippen molar-refractivity contribution in [3.63, 3.8) is 0 Å². The Labute approximate surface area is 125 Å². The van der Waals surface area contributed by atoms with Crippen LogP contribution >= 0.6 is 0 Å². The van der Waals surface area contributed by atoms with Gasteiger partial charge in [0.05, 0.1) is 0 Å². The summed E-state index contributed by atoms with van der Waals surface area (Å²) in [4.78, 5) is 16.5. The maximum atomic E-state index is 12.9. The van der Waals surface area contributed by atoms with E-state index >= 15 is 0 Å². The molecular formula is C14H17F3N4O. The molecule has 2 aromatic rings. The molecule has 5 nitrogen and oxygen atoms in total. The van der Waals surface area contributed by atoms with E-state index in [0.29, 0.717) is 5.69 Å². The Morgan fingerprint density at radius 3 is 2.55 bits per heavy atom. The number of nitrogens with zero attached hydrogens (tertiary/aromatic N) is 3. The van der Waals surface area contributed by atoms with Gasteiger partial charge in [-0.05, 0) is 25.5 Å². The summed E-state index contributed by atoms with van der Waals surface area (Å²) in [6.07, 6.45) is -3.27. The molecule has 8 heteroatoms. The average molecular weight is 314 g/mol. The molecule has 2 heterocycles. The summed E-state index contributed by atoms with van der Waals surface area (Å²) in [6, 6.07) is 1.81. The molecule has 0 saturated carbocycles. The van der Waals surface area contributed by atoms with Crippen LogP contribution in [0.4, 0.5) is 13.2 Å². The van der Waals surface area contributed by atoms with Crippen LogP contribution in [-0.2, 0) is 19.8 Å². The SMILES string of the molecule is Cc1cc(C)c(C(=O)N(C)Cc2cn(C)nc2C(F)(F)F)[nH]1. The number of rotatable bonds is 3. The van der Waals surface area contributed by atoms with Crippen molar-refractivity contribution in [2.45, 2.75) is 26.6 Å². The highest BCUT2D eigenvalue weighted by Crippen LogP contribution is 2.31. The van der Waals surface area contributed by atoms with Crippen molar-refractivity contribution in [1.82, 2.24) is 19.7 Å². The largest absolute Gasteiger partial charge is 0.435 e. The molecule has 0 fully saturated rings. The Morgan fingerprint density at radius 2 is 2.05 bits per heavy atom. The number of H-pyrrole nitrogens is 1. The number of halogens is 3. The Kier molecular flexibility index (Phi) is 4.04. The summed E-state index contributed by atoms with van der Waals surface area (Å²) in [5, 5.41) is 3.43. The van der Waals surface area contributed by atoms with Crippen LogP contribution in [-0.4, -0.2) is 32.6 Å². The maximum Gasteiger partial charge on any atom is 0.435 e. The van der Waals surface area contributed by atoms with Gasteiger partial charge in [-0.1, -0.05) is 0 Å². The normalized spacial score (nSPS) is 11.8. The molecule has 0 bridgehead atoms. The molecule has 0 unspecified atom stereocenters. The van der Waals surface area contributed by atoms with E-state index in [1.165, 1.54) is 25.2 Å². The smallest absolute Gasteiger partial charge is 0.354 e. The number of aromatic nitrogens is 3. The third-order valence-electron chi connectivity index (χ3n) is 3.29. The molecule has 0 spiro atoms. The van der Waals surface area contributed by atoms with Crippen LogP contribution in [0.1, 0.15) is 33.0 Å². The molecule has 0 aliphatic heterocycles. The van der Waals surface area contributed by atoms with E-state index in [2.05, 4.69) is 10.1 Å². The summed E-state index contributed by atoms with van der Waals surface area (Å²) in [6.45, 7) is 3.42. The minimum Gasteiger partial charge on any atom is -0.354 e. The molecule has 0 saturated heterocycles. The summed E-state index contributed by atoms with van der Waals surface area (Å²) in [7, 11) is 2.88.